The van der Waals surface area contributed by atoms with E-state index in [4.69, 9.17) is 10.5 Å². The highest BCUT2D eigenvalue weighted by molar-refractivity contribution is 7.85. The van der Waals surface area contributed by atoms with Crippen LogP contribution in [0.4, 0.5) is 0 Å². The van der Waals surface area contributed by atoms with Crippen molar-refractivity contribution in [3.8, 4) is 5.75 Å². The third-order valence-electron chi connectivity index (χ3n) is 4.12. The molecule has 0 aliphatic heterocycles. The van der Waals surface area contributed by atoms with Gasteiger partial charge in [0.15, 0.2) is 0 Å². The standard InChI is InChI=1S/C17H19NO2S/c1-11-5-3-4-6-15(11)21(19)16-9-12-7-8-13(20-2)10-14(12)17(16)18/h3-8,10,16-17H,9,18H2,1-2H3. The lowest BCUT2D eigenvalue weighted by Gasteiger charge is -2.17. The van der Waals surface area contributed by atoms with E-state index in [1.165, 1.54) is 5.56 Å². The topological polar surface area (TPSA) is 52.3 Å². The molecule has 21 heavy (non-hydrogen) atoms. The molecule has 1 aliphatic carbocycles. The summed E-state index contributed by atoms with van der Waals surface area (Å²) in [4.78, 5) is 0.887. The van der Waals surface area contributed by atoms with Crippen LogP contribution in [0.25, 0.3) is 0 Å². The maximum Gasteiger partial charge on any atom is 0.119 e. The fraction of sp³-hybridized carbons (Fsp3) is 0.294. The lowest BCUT2D eigenvalue weighted by atomic mass is 10.1. The number of methoxy groups -OCH3 is 1. The molecule has 2 aromatic rings. The molecular weight excluding hydrogens is 282 g/mol. The van der Waals surface area contributed by atoms with Gasteiger partial charge < -0.3 is 10.5 Å². The largest absolute Gasteiger partial charge is 0.497 e. The highest BCUT2D eigenvalue weighted by Crippen LogP contribution is 2.37. The maximum absolute atomic E-state index is 12.9. The quantitative estimate of drug-likeness (QED) is 0.948. The molecule has 3 unspecified atom stereocenters. The molecule has 2 aromatic carbocycles. The molecule has 0 radical (unpaired) electrons. The second-order valence-electron chi connectivity index (χ2n) is 5.40. The maximum atomic E-state index is 12.9. The van der Waals surface area contributed by atoms with E-state index in [1.807, 2.05) is 49.4 Å². The number of rotatable bonds is 3. The van der Waals surface area contributed by atoms with E-state index in [-0.39, 0.29) is 11.3 Å². The Kier molecular flexibility index (Phi) is 3.83. The van der Waals surface area contributed by atoms with Crippen molar-refractivity contribution in [2.24, 2.45) is 5.73 Å². The van der Waals surface area contributed by atoms with E-state index in [2.05, 4.69) is 0 Å². The molecule has 0 spiro atoms. The van der Waals surface area contributed by atoms with Crippen molar-refractivity contribution in [2.45, 2.75) is 29.5 Å². The first-order valence-corrected chi connectivity index (χ1v) is 8.21. The number of hydrogen-bond donors (Lipinski definition) is 1. The second-order valence-corrected chi connectivity index (χ2v) is 7.04. The van der Waals surface area contributed by atoms with Crippen LogP contribution in [0.1, 0.15) is 22.7 Å². The molecule has 0 aromatic heterocycles. The zero-order valence-corrected chi connectivity index (χ0v) is 13.0. The van der Waals surface area contributed by atoms with Crippen molar-refractivity contribution in [1.29, 1.82) is 0 Å². The van der Waals surface area contributed by atoms with Crippen LogP contribution in [0.15, 0.2) is 47.4 Å². The molecule has 0 heterocycles. The summed E-state index contributed by atoms with van der Waals surface area (Å²) in [5, 5.41) is -0.0757. The van der Waals surface area contributed by atoms with Crippen molar-refractivity contribution in [3.05, 3.63) is 59.2 Å². The van der Waals surface area contributed by atoms with Crippen LogP contribution in [0.2, 0.25) is 0 Å². The SMILES string of the molecule is COc1ccc2c(c1)C(N)C(S(=O)c1ccccc1C)C2. The van der Waals surface area contributed by atoms with Gasteiger partial charge in [-0.05, 0) is 48.2 Å². The molecule has 3 rings (SSSR count). The molecule has 1 aliphatic rings. The van der Waals surface area contributed by atoms with Gasteiger partial charge in [0.1, 0.15) is 5.75 Å². The van der Waals surface area contributed by atoms with E-state index >= 15 is 0 Å². The average molecular weight is 301 g/mol. The zero-order valence-electron chi connectivity index (χ0n) is 12.2. The number of benzene rings is 2. The fourth-order valence-corrected chi connectivity index (χ4v) is 4.56. The Labute approximate surface area is 127 Å². The number of nitrogens with two attached hydrogens (primary N) is 1. The Bertz CT molecular complexity index is 699. The summed E-state index contributed by atoms with van der Waals surface area (Å²) >= 11 is 0. The minimum Gasteiger partial charge on any atom is -0.497 e. The Hall–Kier alpha value is -1.65. The molecule has 2 N–H and O–H groups in total. The predicted molar refractivity (Wildman–Crippen MR) is 85.0 cm³/mol. The smallest absolute Gasteiger partial charge is 0.119 e. The lowest BCUT2D eigenvalue weighted by molar-refractivity contribution is 0.414. The Morgan fingerprint density at radius 1 is 1.24 bits per heavy atom. The Balaban J connectivity index is 1.93. The number of fused-ring (bicyclic) bond motifs is 1. The van der Waals surface area contributed by atoms with E-state index < -0.39 is 10.8 Å². The third kappa shape index (κ3) is 2.49. The van der Waals surface area contributed by atoms with Crippen LogP contribution >= 0.6 is 0 Å². The first-order chi connectivity index (χ1) is 10.1. The van der Waals surface area contributed by atoms with E-state index in [0.29, 0.717) is 0 Å². The molecule has 3 nitrogen and oxygen atoms in total. The molecule has 0 saturated carbocycles. The molecule has 0 bridgehead atoms. The van der Waals surface area contributed by atoms with E-state index in [0.717, 1.165) is 28.2 Å². The summed E-state index contributed by atoms with van der Waals surface area (Å²) in [5.41, 5.74) is 9.64. The van der Waals surface area contributed by atoms with Gasteiger partial charge in [-0.25, -0.2) is 0 Å². The van der Waals surface area contributed by atoms with Crippen molar-refractivity contribution in [1.82, 2.24) is 0 Å². The van der Waals surface area contributed by atoms with Gasteiger partial charge in [0.2, 0.25) is 0 Å². The summed E-state index contributed by atoms with van der Waals surface area (Å²) in [6.07, 6.45) is 0.751. The van der Waals surface area contributed by atoms with Crippen LogP contribution < -0.4 is 10.5 Å². The first-order valence-electron chi connectivity index (χ1n) is 7.00. The Morgan fingerprint density at radius 2 is 2.00 bits per heavy atom. The summed E-state index contributed by atoms with van der Waals surface area (Å²) in [6.45, 7) is 1.99. The van der Waals surface area contributed by atoms with Crippen LogP contribution in [-0.4, -0.2) is 16.6 Å². The van der Waals surface area contributed by atoms with Crippen LogP contribution in [-0.2, 0) is 17.2 Å². The molecule has 0 fully saturated rings. The molecule has 110 valence electrons. The van der Waals surface area contributed by atoms with Gasteiger partial charge in [0.25, 0.3) is 0 Å². The van der Waals surface area contributed by atoms with E-state index in [1.54, 1.807) is 7.11 Å². The number of aryl methyl sites for hydroxylation is 1. The number of ether oxygens (including phenoxy) is 1. The van der Waals surface area contributed by atoms with Gasteiger partial charge in [0, 0.05) is 10.9 Å². The van der Waals surface area contributed by atoms with Crippen molar-refractivity contribution in [3.63, 3.8) is 0 Å². The molecular formula is C17H19NO2S. The normalized spacial score (nSPS) is 21.9. The third-order valence-corrected chi connectivity index (χ3v) is 6.02. The zero-order chi connectivity index (χ0) is 15.0. The minimum atomic E-state index is -1.10. The molecule has 3 atom stereocenters. The summed E-state index contributed by atoms with van der Waals surface area (Å²) in [5.74, 6) is 0.798. The van der Waals surface area contributed by atoms with E-state index in [9.17, 15) is 4.21 Å². The van der Waals surface area contributed by atoms with Crippen molar-refractivity contribution >= 4 is 10.8 Å². The van der Waals surface area contributed by atoms with Gasteiger partial charge in [-0.3, -0.25) is 4.21 Å². The van der Waals surface area contributed by atoms with Crippen LogP contribution in [0, 0.1) is 6.92 Å². The van der Waals surface area contributed by atoms with Gasteiger partial charge in [-0.15, -0.1) is 0 Å². The highest BCUT2D eigenvalue weighted by atomic mass is 32.2. The molecule has 0 amide bonds. The van der Waals surface area contributed by atoms with Gasteiger partial charge in [-0.1, -0.05) is 24.3 Å². The van der Waals surface area contributed by atoms with Crippen molar-refractivity contribution < 1.29 is 8.95 Å². The predicted octanol–water partition coefficient (Wildman–Crippen LogP) is 2.74. The van der Waals surface area contributed by atoms with Gasteiger partial charge >= 0.3 is 0 Å². The summed E-state index contributed by atoms with van der Waals surface area (Å²) in [7, 11) is 0.543. The second kappa shape index (κ2) is 5.62. The highest BCUT2D eigenvalue weighted by Gasteiger charge is 2.35. The summed E-state index contributed by atoms with van der Waals surface area (Å²) in [6, 6.07) is 13.5. The summed E-state index contributed by atoms with van der Waals surface area (Å²) < 4.78 is 18.2. The first kappa shape index (κ1) is 14.3. The monoisotopic (exact) mass is 301 g/mol. The number of hydrogen-bond acceptors (Lipinski definition) is 3. The van der Waals surface area contributed by atoms with Crippen LogP contribution in [0.5, 0.6) is 5.75 Å². The van der Waals surface area contributed by atoms with Gasteiger partial charge in [-0.2, -0.15) is 0 Å². The van der Waals surface area contributed by atoms with Crippen LogP contribution in [0.3, 0.4) is 0 Å². The lowest BCUT2D eigenvalue weighted by Crippen LogP contribution is -2.27. The minimum absolute atomic E-state index is 0.0757. The Morgan fingerprint density at radius 3 is 2.71 bits per heavy atom. The van der Waals surface area contributed by atoms with Gasteiger partial charge in [0.05, 0.1) is 23.2 Å². The van der Waals surface area contributed by atoms with Crippen molar-refractivity contribution in [2.75, 3.05) is 7.11 Å². The molecule has 0 saturated heterocycles. The fourth-order valence-electron chi connectivity index (χ4n) is 2.89. The molecule has 4 heteroatoms. The average Bonchev–Trinajstić information content (AvgIpc) is 2.83.